The molecule has 28 heavy (non-hydrogen) atoms. The average Bonchev–Trinajstić information content (AvgIpc) is 2.59. The van der Waals surface area contributed by atoms with E-state index >= 15 is 0 Å². The molecule has 0 aliphatic rings. The van der Waals surface area contributed by atoms with Crippen molar-refractivity contribution in [3.05, 3.63) is 35.4 Å². The number of benzene rings is 1. The van der Waals surface area contributed by atoms with Crippen LogP contribution in [0.25, 0.3) is 0 Å². The van der Waals surface area contributed by atoms with Crippen molar-refractivity contribution in [3.63, 3.8) is 0 Å². The highest BCUT2D eigenvalue weighted by molar-refractivity contribution is 5.29. The van der Waals surface area contributed by atoms with Crippen molar-refractivity contribution in [2.24, 2.45) is 0 Å². The van der Waals surface area contributed by atoms with Crippen molar-refractivity contribution in [2.45, 2.75) is 69.1 Å². The van der Waals surface area contributed by atoms with E-state index in [0.29, 0.717) is 0 Å². The summed E-state index contributed by atoms with van der Waals surface area (Å²) in [6.45, 7) is 4.71. The van der Waals surface area contributed by atoms with Crippen molar-refractivity contribution in [2.75, 3.05) is 7.11 Å². The van der Waals surface area contributed by atoms with Crippen molar-refractivity contribution in [1.82, 2.24) is 0 Å². The molecule has 1 nitrogen and oxygen atoms in total. The summed E-state index contributed by atoms with van der Waals surface area (Å²) in [4.78, 5) is 0. The minimum atomic E-state index is -6.92. The Balaban J connectivity index is 3.29. The maximum atomic E-state index is 14.0. The second-order valence-electron chi connectivity index (χ2n) is 6.89. The summed E-state index contributed by atoms with van der Waals surface area (Å²) >= 11 is 0. The summed E-state index contributed by atoms with van der Waals surface area (Å²) in [5.41, 5.74) is -1.49. The van der Waals surface area contributed by atoms with Gasteiger partial charge in [0.2, 0.25) is 0 Å². The number of methoxy groups -OCH3 is 1. The van der Waals surface area contributed by atoms with E-state index in [4.69, 9.17) is 4.74 Å². The number of halogens is 9. The molecule has 0 spiro atoms. The molecule has 1 aromatic carbocycles. The van der Waals surface area contributed by atoms with Crippen molar-refractivity contribution in [1.29, 1.82) is 0 Å². The smallest absolute Gasteiger partial charge is 0.374 e. The molecule has 0 heterocycles. The molecular weight excluding hydrogens is 403 g/mol. The largest absolute Gasteiger partial charge is 0.460 e. The number of ether oxygens (including phenoxy) is 1. The van der Waals surface area contributed by atoms with E-state index in [1.165, 1.54) is 24.3 Å². The minimum Gasteiger partial charge on any atom is -0.374 e. The quantitative estimate of drug-likeness (QED) is 0.412. The minimum absolute atomic E-state index is 0.0622. The van der Waals surface area contributed by atoms with E-state index in [1.807, 2.05) is 13.8 Å². The van der Waals surface area contributed by atoms with Gasteiger partial charge in [0.25, 0.3) is 0 Å². The fourth-order valence-corrected chi connectivity index (χ4v) is 2.63. The van der Waals surface area contributed by atoms with Crippen LogP contribution in [0.2, 0.25) is 0 Å². The molecule has 0 saturated heterocycles. The van der Waals surface area contributed by atoms with E-state index in [1.54, 1.807) is 0 Å². The molecule has 0 aliphatic carbocycles. The lowest BCUT2D eigenvalue weighted by Crippen LogP contribution is -2.62. The molecule has 0 amide bonds. The van der Waals surface area contributed by atoms with Crippen molar-refractivity contribution >= 4 is 0 Å². The van der Waals surface area contributed by atoms with Crippen LogP contribution >= 0.6 is 0 Å². The van der Waals surface area contributed by atoms with E-state index in [0.717, 1.165) is 26.0 Å². The monoisotopic (exact) mass is 424 g/mol. The predicted molar refractivity (Wildman–Crippen MR) is 85.0 cm³/mol. The standard InChI is InChI=1S/C18H21F9O/c1-5-11(2)12-6-8-13(9-7-12)14(3,28-4)10-15(19,20)16(21,22)17(23,24)18(25,26)27/h6-9,11H,5,10H2,1-4H3. The number of alkyl halides is 9. The molecular formula is C18H21F9O. The Hall–Kier alpha value is -1.45. The molecule has 0 bridgehead atoms. The highest BCUT2D eigenvalue weighted by atomic mass is 19.4. The zero-order chi connectivity index (χ0) is 22.2. The van der Waals surface area contributed by atoms with Crippen LogP contribution in [0.15, 0.2) is 24.3 Å². The van der Waals surface area contributed by atoms with Gasteiger partial charge in [-0.1, -0.05) is 38.1 Å². The number of hydrogen-bond acceptors (Lipinski definition) is 1. The van der Waals surface area contributed by atoms with Crippen LogP contribution in [0.1, 0.15) is 50.7 Å². The summed E-state index contributed by atoms with van der Waals surface area (Å²) in [6, 6.07) is 5.64. The maximum absolute atomic E-state index is 14.0. The first-order chi connectivity index (χ1) is 12.5. The molecule has 10 heteroatoms. The van der Waals surface area contributed by atoms with Gasteiger partial charge in [0.05, 0.1) is 12.0 Å². The van der Waals surface area contributed by atoms with Crippen LogP contribution < -0.4 is 0 Å². The molecule has 1 aromatic rings. The summed E-state index contributed by atoms with van der Waals surface area (Å²) in [7, 11) is 0.874. The SMILES string of the molecule is CCC(C)c1ccc(C(C)(CC(F)(F)C(F)(F)C(F)(F)C(F)(F)F)OC)cc1. The van der Waals surface area contributed by atoms with E-state index in [-0.39, 0.29) is 11.5 Å². The third-order valence-electron chi connectivity index (χ3n) is 4.92. The average molecular weight is 424 g/mol. The zero-order valence-electron chi connectivity index (χ0n) is 15.6. The molecule has 2 unspecified atom stereocenters. The number of rotatable bonds is 8. The summed E-state index contributed by atoms with van der Waals surface area (Å²) in [5, 5.41) is 0. The highest BCUT2D eigenvalue weighted by Crippen LogP contribution is 2.56. The first-order valence-electron chi connectivity index (χ1n) is 8.32. The maximum Gasteiger partial charge on any atom is 0.460 e. The van der Waals surface area contributed by atoms with Gasteiger partial charge < -0.3 is 4.74 Å². The highest BCUT2D eigenvalue weighted by Gasteiger charge is 2.82. The second-order valence-corrected chi connectivity index (χ2v) is 6.89. The van der Waals surface area contributed by atoms with Gasteiger partial charge in [0, 0.05) is 7.11 Å². The Morgan fingerprint density at radius 1 is 0.857 bits per heavy atom. The second kappa shape index (κ2) is 7.76. The molecule has 0 fully saturated rings. The van der Waals surface area contributed by atoms with Crippen LogP contribution in [0.4, 0.5) is 39.5 Å². The third-order valence-corrected chi connectivity index (χ3v) is 4.92. The Morgan fingerprint density at radius 2 is 1.32 bits per heavy atom. The molecule has 0 aliphatic heterocycles. The van der Waals surface area contributed by atoms with Gasteiger partial charge in [-0.2, -0.15) is 39.5 Å². The van der Waals surface area contributed by atoms with Gasteiger partial charge in [0.15, 0.2) is 0 Å². The van der Waals surface area contributed by atoms with Crippen LogP contribution in [-0.4, -0.2) is 31.1 Å². The van der Waals surface area contributed by atoms with Crippen LogP contribution in [0, 0.1) is 0 Å². The first-order valence-corrected chi connectivity index (χ1v) is 8.32. The molecule has 1 rings (SSSR count). The zero-order valence-corrected chi connectivity index (χ0v) is 15.6. The van der Waals surface area contributed by atoms with Gasteiger partial charge >= 0.3 is 23.9 Å². The summed E-state index contributed by atoms with van der Waals surface area (Å²) < 4.78 is 123. The van der Waals surface area contributed by atoms with Crippen molar-refractivity contribution in [3.8, 4) is 0 Å². The van der Waals surface area contributed by atoms with E-state index in [2.05, 4.69) is 0 Å². The van der Waals surface area contributed by atoms with Crippen LogP contribution in [-0.2, 0) is 10.3 Å². The van der Waals surface area contributed by atoms with E-state index < -0.39 is 36.0 Å². The van der Waals surface area contributed by atoms with Crippen LogP contribution in [0.5, 0.6) is 0 Å². The lowest BCUT2D eigenvalue weighted by atomic mass is 9.84. The van der Waals surface area contributed by atoms with E-state index in [9.17, 15) is 39.5 Å². The Kier molecular flexibility index (Phi) is 6.81. The summed E-state index contributed by atoms with van der Waals surface area (Å²) in [5.74, 6) is -19.2. The Labute approximate surface area is 156 Å². The predicted octanol–water partition coefficient (Wildman–Crippen LogP) is 6.92. The molecule has 162 valence electrons. The fourth-order valence-electron chi connectivity index (χ4n) is 2.63. The van der Waals surface area contributed by atoms with Gasteiger partial charge in [0.1, 0.15) is 0 Å². The third kappa shape index (κ3) is 4.26. The first kappa shape index (κ1) is 24.6. The van der Waals surface area contributed by atoms with Gasteiger partial charge in [-0.25, -0.2) is 0 Å². The van der Waals surface area contributed by atoms with Gasteiger partial charge in [-0.15, -0.1) is 0 Å². The Bertz CT molecular complexity index is 652. The van der Waals surface area contributed by atoms with Gasteiger partial charge in [-0.3, -0.25) is 0 Å². The lowest BCUT2D eigenvalue weighted by Gasteiger charge is -2.38. The summed E-state index contributed by atoms with van der Waals surface area (Å²) in [6.07, 6.45) is -8.17. The number of hydrogen-bond donors (Lipinski definition) is 0. The fraction of sp³-hybridized carbons (Fsp3) is 0.667. The topological polar surface area (TPSA) is 9.23 Å². The molecule has 0 N–H and O–H groups in total. The molecule has 0 saturated carbocycles. The normalized spacial score (nSPS) is 17.3. The van der Waals surface area contributed by atoms with Crippen LogP contribution in [0.3, 0.4) is 0 Å². The van der Waals surface area contributed by atoms with Gasteiger partial charge in [-0.05, 0) is 30.4 Å². The van der Waals surface area contributed by atoms with Crippen molar-refractivity contribution < 1.29 is 44.3 Å². The Morgan fingerprint density at radius 3 is 1.68 bits per heavy atom. The molecule has 0 radical (unpaired) electrons. The lowest BCUT2D eigenvalue weighted by molar-refractivity contribution is -0.400. The molecule has 2 atom stereocenters. The molecule has 0 aromatic heterocycles.